The fourth-order valence-corrected chi connectivity index (χ4v) is 11.1. The normalized spacial score (nSPS) is 14.8. The molecular formula is C81H134O17P2. The second-order valence-corrected chi connectivity index (χ2v) is 27.7. The molecule has 17 nitrogen and oxygen atoms in total. The Morgan fingerprint density at radius 1 is 0.290 bits per heavy atom. The number of phosphoric ester groups is 2. The third kappa shape index (κ3) is 71.3. The smallest absolute Gasteiger partial charge is 0.462 e. The molecule has 5 unspecified atom stereocenters. The average molecular weight is 1440 g/mol. The number of carbonyl (C=O) groups is 4. The molecular weight excluding hydrogens is 1310 g/mol. The lowest BCUT2D eigenvalue weighted by Crippen LogP contribution is -2.30. The van der Waals surface area contributed by atoms with Gasteiger partial charge in [0.25, 0.3) is 0 Å². The van der Waals surface area contributed by atoms with Gasteiger partial charge >= 0.3 is 39.5 Å². The molecule has 0 aliphatic carbocycles. The van der Waals surface area contributed by atoms with Gasteiger partial charge in [-0.3, -0.25) is 37.3 Å². The SMILES string of the molecule is CC/C=C\C/C=C\C/C=C\C/C=C\CCCCCCC(=O)OCC(COP(=O)(O)OCC(O)COP(=O)(O)OCC(COC(=O)CCCCCCC/C=C\C/C=C\C/C=C\CC)OC(=O)CCCCCCC/C=C\C/C=C\C/C=C\CC)OC(=O)CCCCCCC/C=C\C/C=C\CCC. The summed E-state index contributed by atoms with van der Waals surface area (Å²) in [4.78, 5) is 72.9. The van der Waals surface area contributed by atoms with Crippen molar-refractivity contribution in [3.8, 4) is 0 Å². The highest BCUT2D eigenvalue weighted by molar-refractivity contribution is 7.47. The van der Waals surface area contributed by atoms with Gasteiger partial charge in [-0.1, -0.05) is 251 Å². The molecule has 0 saturated heterocycles. The summed E-state index contributed by atoms with van der Waals surface area (Å²) in [7, 11) is -9.98. The fraction of sp³-hybridized carbons (Fsp3) is 0.654. The van der Waals surface area contributed by atoms with Crippen LogP contribution in [0.5, 0.6) is 0 Å². The highest BCUT2D eigenvalue weighted by atomic mass is 31.2. The number of ether oxygens (including phenoxy) is 4. The molecule has 0 amide bonds. The van der Waals surface area contributed by atoms with E-state index in [1.165, 1.54) is 0 Å². The topological polar surface area (TPSA) is 237 Å². The minimum absolute atomic E-state index is 0.0668. The van der Waals surface area contributed by atoms with Crippen LogP contribution >= 0.6 is 15.6 Å². The Hall–Kier alpha value is -5.06. The van der Waals surface area contributed by atoms with Crippen LogP contribution < -0.4 is 0 Å². The monoisotopic (exact) mass is 1440 g/mol. The van der Waals surface area contributed by atoms with Crippen LogP contribution in [0.4, 0.5) is 0 Å². The third-order valence-corrected chi connectivity index (χ3v) is 17.2. The van der Waals surface area contributed by atoms with Crippen LogP contribution in [0.2, 0.25) is 0 Å². The molecule has 0 aromatic carbocycles. The molecule has 0 radical (unpaired) electrons. The molecule has 0 bridgehead atoms. The highest BCUT2D eigenvalue weighted by Crippen LogP contribution is 2.45. The van der Waals surface area contributed by atoms with Crippen molar-refractivity contribution in [3.63, 3.8) is 0 Å². The Morgan fingerprint density at radius 2 is 0.520 bits per heavy atom. The van der Waals surface area contributed by atoms with Gasteiger partial charge in [0, 0.05) is 25.7 Å². The molecule has 0 spiro atoms. The average Bonchev–Trinajstić information content (AvgIpc) is 0.965. The van der Waals surface area contributed by atoms with Crippen molar-refractivity contribution in [1.82, 2.24) is 0 Å². The van der Waals surface area contributed by atoms with Gasteiger partial charge in [0.2, 0.25) is 0 Å². The Balaban J connectivity index is 5.41. The first-order valence-electron chi connectivity index (χ1n) is 38.1. The van der Waals surface area contributed by atoms with E-state index < -0.39 is 97.5 Å². The molecule has 570 valence electrons. The largest absolute Gasteiger partial charge is 0.472 e. The van der Waals surface area contributed by atoms with Gasteiger partial charge in [0.05, 0.1) is 26.4 Å². The van der Waals surface area contributed by atoms with Crippen LogP contribution in [0.1, 0.15) is 285 Å². The van der Waals surface area contributed by atoms with Crippen molar-refractivity contribution in [2.24, 2.45) is 0 Å². The van der Waals surface area contributed by atoms with Crippen LogP contribution in [-0.2, 0) is 65.4 Å². The van der Waals surface area contributed by atoms with Crippen molar-refractivity contribution >= 4 is 39.5 Å². The van der Waals surface area contributed by atoms with Crippen LogP contribution in [-0.4, -0.2) is 96.7 Å². The lowest BCUT2D eigenvalue weighted by Gasteiger charge is -2.21. The van der Waals surface area contributed by atoms with Crippen molar-refractivity contribution in [1.29, 1.82) is 0 Å². The summed E-state index contributed by atoms with van der Waals surface area (Å²) in [6.07, 6.45) is 81.2. The van der Waals surface area contributed by atoms with Crippen molar-refractivity contribution in [3.05, 3.63) is 146 Å². The number of esters is 4. The number of hydrogen-bond acceptors (Lipinski definition) is 15. The molecule has 5 atom stereocenters. The number of unbranched alkanes of at least 4 members (excludes halogenated alkanes) is 20. The summed E-state index contributed by atoms with van der Waals surface area (Å²) in [6.45, 7) is 4.37. The molecule has 0 heterocycles. The van der Waals surface area contributed by atoms with Crippen LogP contribution in [0, 0.1) is 0 Å². The second-order valence-electron chi connectivity index (χ2n) is 24.8. The molecule has 0 saturated carbocycles. The van der Waals surface area contributed by atoms with E-state index in [4.69, 9.17) is 37.0 Å². The van der Waals surface area contributed by atoms with E-state index in [0.717, 1.165) is 205 Å². The minimum Gasteiger partial charge on any atom is -0.462 e. The lowest BCUT2D eigenvalue weighted by atomic mass is 10.1. The number of hydrogen-bond donors (Lipinski definition) is 3. The summed E-state index contributed by atoms with van der Waals surface area (Å²) >= 11 is 0. The molecule has 0 fully saturated rings. The Morgan fingerprint density at radius 3 is 0.800 bits per heavy atom. The standard InChI is InChI=1S/C81H134O17P2/c1-5-9-13-17-21-25-29-33-36-37-40-43-46-50-54-58-62-66-79(84)92-71-76(97-80(85)67-63-59-55-51-47-41-32-28-24-20-16-12-8-4)73-95-99(87,88)93-69-75(82)70-94-100(89,90)96-74-77(98-81(86)68-64-60-56-52-48-44-39-35-31-27-23-19-15-11-7-3)72-91-78(83)65-61-57-53-49-45-42-38-34-30-26-22-18-14-10-6-2/h9-11,13-16,20-23,25-28,32-36,38-40,43,75-77,82H,5-8,12,17-19,24,29-31,37,41-42,44-74H2,1-4H3,(H,87,88)(H,89,90)/b13-9-,14-10-,15-11-,20-16-,25-21-,26-22-,27-23-,32-28-,36-33-,38-34-,39-35-,43-40-. The molecule has 0 aromatic heterocycles. The van der Waals surface area contributed by atoms with E-state index in [-0.39, 0.29) is 25.7 Å². The summed E-state index contributed by atoms with van der Waals surface area (Å²) in [5.41, 5.74) is 0. The highest BCUT2D eigenvalue weighted by Gasteiger charge is 2.30. The zero-order valence-corrected chi connectivity index (χ0v) is 63.9. The van der Waals surface area contributed by atoms with Crippen LogP contribution in [0.15, 0.2) is 146 Å². The summed E-state index contributed by atoms with van der Waals surface area (Å²) in [6, 6.07) is 0. The lowest BCUT2D eigenvalue weighted by molar-refractivity contribution is -0.161. The number of phosphoric acid groups is 2. The molecule has 19 heteroatoms. The Labute approximate surface area is 605 Å². The predicted molar refractivity (Wildman–Crippen MR) is 408 cm³/mol. The molecule has 3 N–H and O–H groups in total. The van der Waals surface area contributed by atoms with E-state index >= 15 is 0 Å². The molecule has 0 aliphatic rings. The van der Waals surface area contributed by atoms with Crippen molar-refractivity contribution in [2.45, 2.75) is 303 Å². The van der Waals surface area contributed by atoms with Gasteiger partial charge in [-0.25, -0.2) is 9.13 Å². The number of carbonyl (C=O) groups excluding carboxylic acids is 4. The number of allylic oxidation sites excluding steroid dienone is 24. The Kier molecular flexibility index (Phi) is 68.6. The van der Waals surface area contributed by atoms with Crippen LogP contribution in [0.3, 0.4) is 0 Å². The first-order chi connectivity index (χ1) is 48.7. The van der Waals surface area contributed by atoms with E-state index in [2.05, 4.69) is 174 Å². The fourth-order valence-electron chi connectivity index (χ4n) is 9.57. The predicted octanol–water partition coefficient (Wildman–Crippen LogP) is 21.9. The summed E-state index contributed by atoms with van der Waals surface area (Å²) in [5, 5.41) is 10.6. The number of rotatable bonds is 70. The molecule has 0 aliphatic heterocycles. The second kappa shape index (κ2) is 72.3. The maximum Gasteiger partial charge on any atom is 0.472 e. The van der Waals surface area contributed by atoms with Gasteiger partial charge < -0.3 is 33.8 Å². The number of aliphatic hydroxyl groups is 1. The van der Waals surface area contributed by atoms with Gasteiger partial charge in [-0.05, 0) is 154 Å². The molecule has 0 rings (SSSR count). The quantitative estimate of drug-likeness (QED) is 0.0169. The van der Waals surface area contributed by atoms with E-state index in [0.29, 0.717) is 25.7 Å². The van der Waals surface area contributed by atoms with Crippen molar-refractivity contribution in [2.75, 3.05) is 39.6 Å². The van der Waals surface area contributed by atoms with Gasteiger partial charge in [0.1, 0.15) is 19.3 Å². The van der Waals surface area contributed by atoms with Gasteiger partial charge in [0.15, 0.2) is 12.2 Å². The van der Waals surface area contributed by atoms with Crippen LogP contribution in [0.25, 0.3) is 0 Å². The van der Waals surface area contributed by atoms with E-state index in [1.807, 2.05) is 0 Å². The van der Waals surface area contributed by atoms with E-state index in [1.54, 1.807) is 0 Å². The summed E-state index contributed by atoms with van der Waals surface area (Å²) < 4.78 is 68.4. The first-order valence-corrected chi connectivity index (χ1v) is 41.1. The Bertz CT molecular complexity index is 2470. The maximum absolute atomic E-state index is 13.1. The molecule has 0 aromatic rings. The zero-order valence-electron chi connectivity index (χ0n) is 62.1. The first kappa shape index (κ1) is 94.9. The minimum atomic E-state index is -4.99. The van der Waals surface area contributed by atoms with Crippen molar-refractivity contribution < 1.29 is 80.2 Å². The molecule has 100 heavy (non-hydrogen) atoms. The maximum atomic E-state index is 13.1. The zero-order chi connectivity index (χ0) is 73.2. The summed E-state index contributed by atoms with van der Waals surface area (Å²) in [5.74, 6) is -2.26. The van der Waals surface area contributed by atoms with Gasteiger partial charge in [-0.15, -0.1) is 0 Å². The van der Waals surface area contributed by atoms with E-state index in [9.17, 15) is 43.2 Å². The third-order valence-electron chi connectivity index (χ3n) is 15.3. The number of aliphatic hydroxyl groups excluding tert-OH is 1. The van der Waals surface area contributed by atoms with Gasteiger partial charge in [-0.2, -0.15) is 0 Å².